The third kappa shape index (κ3) is 3.84. The van der Waals surface area contributed by atoms with E-state index in [4.69, 9.17) is 4.98 Å². The quantitative estimate of drug-likeness (QED) is 0.807. The summed E-state index contributed by atoms with van der Waals surface area (Å²) in [5.41, 5.74) is 2.28. The van der Waals surface area contributed by atoms with E-state index in [-0.39, 0.29) is 0 Å². The summed E-state index contributed by atoms with van der Waals surface area (Å²) in [7, 11) is 0. The molecule has 2 aromatic rings. The Morgan fingerprint density at radius 3 is 2.84 bits per heavy atom. The van der Waals surface area contributed by atoms with Crippen molar-refractivity contribution in [1.82, 2.24) is 15.3 Å². The lowest BCUT2D eigenvalue weighted by molar-refractivity contribution is 0.677. The summed E-state index contributed by atoms with van der Waals surface area (Å²) in [4.78, 5) is 10.3. The first kappa shape index (κ1) is 14.6. The van der Waals surface area contributed by atoms with Crippen LogP contribution in [-0.2, 0) is 13.0 Å². The lowest BCUT2D eigenvalue weighted by atomic mass is 10.2. The molecule has 0 saturated heterocycles. The number of aryl methyl sites for hydroxylation is 1. The summed E-state index contributed by atoms with van der Waals surface area (Å²) in [6.45, 7) is 6.30. The fourth-order valence-electron chi connectivity index (χ4n) is 1.83. The van der Waals surface area contributed by atoms with E-state index in [1.165, 1.54) is 10.6 Å². The van der Waals surface area contributed by atoms with Crippen LogP contribution in [-0.4, -0.2) is 16.5 Å². The van der Waals surface area contributed by atoms with Gasteiger partial charge >= 0.3 is 0 Å². The number of nitrogens with one attached hydrogen (secondary N) is 1. The van der Waals surface area contributed by atoms with E-state index in [1.807, 2.05) is 6.20 Å². The van der Waals surface area contributed by atoms with E-state index >= 15 is 0 Å². The van der Waals surface area contributed by atoms with Gasteiger partial charge in [0.1, 0.15) is 5.01 Å². The Morgan fingerprint density at radius 2 is 2.16 bits per heavy atom. The van der Waals surface area contributed by atoms with E-state index in [0.29, 0.717) is 0 Å². The average molecular weight is 340 g/mol. The summed E-state index contributed by atoms with van der Waals surface area (Å²) in [6.07, 6.45) is 5.79. The van der Waals surface area contributed by atoms with Gasteiger partial charge in [-0.2, -0.15) is 0 Å². The number of aromatic nitrogens is 2. The van der Waals surface area contributed by atoms with E-state index in [2.05, 4.69) is 46.1 Å². The van der Waals surface area contributed by atoms with Gasteiger partial charge in [-0.1, -0.05) is 13.8 Å². The lowest BCUT2D eigenvalue weighted by Gasteiger charge is -2.01. The first-order chi connectivity index (χ1) is 9.24. The van der Waals surface area contributed by atoms with Crippen LogP contribution in [0.25, 0.3) is 10.6 Å². The molecule has 2 rings (SSSR count). The van der Waals surface area contributed by atoms with Gasteiger partial charge < -0.3 is 5.32 Å². The Labute approximate surface area is 126 Å². The van der Waals surface area contributed by atoms with Gasteiger partial charge in [0.2, 0.25) is 0 Å². The van der Waals surface area contributed by atoms with Crippen molar-refractivity contribution in [1.29, 1.82) is 0 Å². The summed E-state index contributed by atoms with van der Waals surface area (Å²) in [5, 5.41) is 4.50. The average Bonchev–Trinajstić information content (AvgIpc) is 2.82. The van der Waals surface area contributed by atoms with Gasteiger partial charge in [-0.3, -0.25) is 4.98 Å². The zero-order chi connectivity index (χ0) is 13.7. The minimum Gasteiger partial charge on any atom is -0.312 e. The van der Waals surface area contributed by atoms with Crippen LogP contribution >= 0.6 is 27.3 Å². The van der Waals surface area contributed by atoms with E-state index in [1.54, 1.807) is 17.5 Å². The van der Waals surface area contributed by atoms with Crippen LogP contribution < -0.4 is 5.32 Å². The van der Waals surface area contributed by atoms with E-state index in [9.17, 15) is 0 Å². The van der Waals surface area contributed by atoms with Crippen LogP contribution in [0.2, 0.25) is 0 Å². The number of hydrogen-bond acceptors (Lipinski definition) is 4. The Morgan fingerprint density at radius 1 is 1.32 bits per heavy atom. The molecule has 3 nitrogen and oxygen atoms in total. The number of nitrogens with zero attached hydrogens (tertiary/aromatic N) is 2. The third-order valence-electron chi connectivity index (χ3n) is 2.78. The molecule has 0 amide bonds. The molecular formula is C14H18BrN3S. The summed E-state index contributed by atoms with van der Waals surface area (Å²) in [5.74, 6) is 0. The topological polar surface area (TPSA) is 37.8 Å². The van der Waals surface area contributed by atoms with Gasteiger partial charge in [0.05, 0.1) is 5.69 Å². The molecule has 0 aliphatic heterocycles. The Bertz CT molecular complexity index is 539. The maximum absolute atomic E-state index is 4.74. The second-order valence-electron chi connectivity index (χ2n) is 4.31. The number of pyridine rings is 1. The Balaban J connectivity index is 2.22. The van der Waals surface area contributed by atoms with Gasteiger partial charge in [0.15, 0.2) is 0 Å². The molecule has 0 aliphatic rings. The molecule has 102 valence electrons. The molecule has 2 heterocycles. The van der Waals surface area contributed by atoms with E-state index in [0.717, 1.165) is 41.0 Å². The molecular weight excluding hydrogens is 322 g/mol. The molecule has 0 fully saturated rings. The van der Waals surface area contributed by atoms with Gasteiger partial charge in [-0.25, -0.2) is 4.98 Å². The summed E-state index contributed by atoms with van der Waals surface area (Å²) < 4.78 is 0.990. The largest absolute Gasteiger partial charge is 0.312 e. The standard InChI is InChI=1S/C14H18BrN3S/c1-3-5-16-9-13-12(4-2)18-14(19-13)10-6-11(15)8-17-7-10/h6-8,16H,3-5,9H2,1-2H3. The molecule has 19 heavy (non-hydrogen) atoms. The molecule has 5 heteroatoms. The molecule has 0 saturated carbocycles. The van der Waals surface area contributed by atoms with Crippen LogP contribution in [0.5, 0.6) is 0 Å². The van der Waals surface area contributed by atoms with Gasteiger partial charge in [-0.15, -0.1) is 11.3 Å². The SMILES string of the molecule is CCCNCc1sc(-c2cncc(Br)c2)nc1CC. The van der Waals surface area contributed by atoms with E-state index < -0.39 is 0 Å². The smallest absolute Gasteiger partial charge is 0.125 e. The number of thiazole rings is 1. The summed E-state index contributed by atoms with van der Waals surface area (Å²) in [6, 6.07) is 2.06. The fourth-order valence-corrected chi connectivity index (χ4v) is 3.29. The van der Waals surface area contributed by atoms with Crippen molar-refractivity contribution in [2.45, 2.75) is 33.2 Å². The van der Waals surface area contributed by atoms with Crippen LogP contribution in [0.4, 0.5) is 0 Å². The number of hydrogen-bond donors (Lipinski definition) is 1. The van der Waals surface area contributed by atoms with Crippen LogP contribution in [0, 0.1) is 0 Å². The molecule has 0 aromatic carbocycles. The molecule has 0 atom stereocenters. The van der Waals surface area contributed by atoms with Crippen LogP contribution in [0.3, 0.4) is 0 Å². The maximum atomic E-state index is 4.74. The zero-order valence-corrected chi connectivity index (χ0v) is 13.6. The molecule has 0 bridgehead atoms. The highest BCUT2D eigenvalue weighted by Crippen LogP contribution is 2.29. The van der Waals surface area contributed by atoms with Crippen molar-refractivity contribution >= 4 is 27.3 Å². The minimum absolute atomic E-state index is 0.913. The zero-order valence-electron chi connectivity index (χ0n) is 11.2. The van der Waals surface area contributed by atoms with Crippen molar-refractivity contribution in [3.8, 4) is 10.6 Å². The monoisotopic (exact) mass is 339 g/mol. The Kier molecular flexibility index (Phi) is 5.48. The highest BCUT2D eigenvalue weighted by atomic mass is 79.9. The first-order valence-electron chi connectivity index (χ1n) is 6.54. The normalized spacial score (nSPS) is 10.9. The van der Waals surface area contributed by atoms with Crippen molar-refractivity contribution in [3.63, 3.8) is 0 Å². The fraction of sp³-hybridized carbons (Fsp3) is 0.429. The number of rotatable bonds is 6. The second-order valence-corrected chi connectivity index (χ2v) is 6.31. The molecule has 2 aromatic heterocycles. The van der Waals surface area contributed by atoms with Crippen LogP contribution in [0.1, 0.15) is 30.8 Å². The lowest BCUT2D eigenvalue weighted by Crippen LogP contribution is -2.13. The predicted molar refractivity (Wildman–Crippen MR) is 84.4 cm³/mol. The second kappa shape index (κ2) is 7.12. The van der Waals surface area contributed by atoms with Crippen LogP contribution in [0.15, 0.2) is 22.9 Å². The highest BCUT2D eigenvalue weighted by Gasteiger charge is 2.11. The van der Waals surface area contributed by atoms with Gasteiger partial charge in [0.25, 0.3) is 0 Å². The summed E-state index contributed by atoms with van der Waals surface area (Å²) >= 11 is 5.22. The van der Waals surface area contributed by atoms with Gasteiger partial charge in [-0.05, 0) is 41.4 Å². The molecule has 1 N–H and O–H groups in total. The molecule has 0 unspecified atom stereocenters. The van der Waals surface area contributed by atoms with Crippen molar-refractivity contribution in [2.24, 2.45) is 0 Å². The van der Waals surface area contributed by atoms with Gasteiger partial charge in [0, 0.05) is 33.9 Å². The Hall–Kier alpha value is -0.780. The number of halogens is 1. The molecule has 0 aliphatic carbocycles. The van der Waals surface area contributed by atoms with Crippen molar-refractivity contribution in [2.75, 3.05) is 6.54 Å². The minimum atomic E-state index is 0.913. The highest BCUT2D eigenvalue weighted by molar-refractivity contribution is 9.10. The van der Waals surface area contributed by atoms with Crippen molar-refractivity contribution in [3.05, 3.63) is 33.5 Å². The predicted octanol–water partition coefficient (Wildman–Crippen LogP) is 4.03. The first-order valence-corrected chi connectivity index (χ1v) is 8.15. The molecule has 0 radical (unpaired) electrons. The van der Waals surface area contributed by atoms with Crippen molar-refractivity contribution < 1.29 is 0 Å². The maximum Gasteiger partial charge on any atom is 0.125 e. The third-order valence-corrected chi connectivity index (χ3v) is 4.36. The molecule has 0 spiro atoms.